The van der Waals surface area contributed by atoms with Crippen LogP contribution < -0.4 is 9.64 Å². The highest BCUT2D eigenvalue weighted by atomic mass is 32.1. The number of Topliss-reactive ketones (excluding diaryl/α,β-unsaturated/α-hetero) is 1. The van der Waals surface area contributed by atoms with Crippen LogP contribution in [0.2, 0.25) is 0 Å². The molecule has 3 heterocycles. The normalized spacial score (nSPS) is 17.0. The minimum Gasteiger partial charge on any atom is -0.507 e. The van der Waals surface area contributed by atoms with Gasteiger partial charge in [-0.3, -0.25) is 14.5 Å². The van der Waals surface area contributed by atoms with Crippen molar-refractivity contribution in [1.82, 2.24) is 4.98 Å². The molecule has 1 aliphatic rings. The number of rotatable bonds is 7. The average molecular weight is 535 g/mol. The number of ketones is 1. The van der Waals surface area contributed by atoms with Gasteiger partial charge in [0.15, 0.2) is 5.13 Å². The number of aliphatic hydroxyl groups excluding tert-OH is 1. The Kier molecular flexibility index (Phi) is 6.53. The highest BCUT2D eigenvalue weighted by molar-refractivity contribution is 7.22. The summed E-state index contributed by atoms with van der Waals surface area (Å²) in [5.74, 6) is -2.29. The van der Waals surface area contributed by atoms with Crippen molar-refractivity contribution in [2.75, 3.05) is 11.5 Å². The third-order valence-corrected chi connectivity index (χ3v) is 7.94. The van der Waals surface area contributed by atoms with Gasteiger partial charge in [-0.15, -0.1) is 11.3 Å². The molecule has 2 N–H and O–H groups in total. The summed E-state index contributed by atoms with van der Waals surface area (Å²) in [6, 6.07) is 12.4. The number of carbonyl (C=O) groups excluding carboxylic acids is 2. The minimum atomic E-state index is -1.07. The van der Waals surface area contributed by atoms with E-state index in [4.69, 9.17) is 4.74 Å². The molecule has 1 atom stereocenters. The second-order valence-electron chi connectivity index (χ2n) is 8.50. The zero-order valence-electron chi connectivity index (χ0n) is 19.9. The Morgan fingerprint density at radius 2 is 1.89 bits per heavy atom. The Morgan fingerprint density at radius 3 is 2.57 bits per heavy atom. The molecule has 0 aliphatic carbocycles. The van der Waals surface area contributed by atoms with E-state index in [1.807, 2.05) is 25.3 Å². The Hall–Kier alpha value is -4.02. The molecule has 8 nitrogen and oxygen atoms in total. The molecule has 0 spiro atoms. The van der Waals surface area contributed by atoms with E-state index < -0.39 is 23.7 Å². The molecule has 10 heteroatoms. The highest BCUT2D eigenvalue weighted by Gasteiger charge is 2.48. The predicted octanol–water partition coefficient (Wildman–Crippen LogP) is 5.78. The Morgan fingerprint density at radius 1 is 1.11 bits per heavy atom. The molecular weight excluding hydrogens is 512 g/mol. The lowest BCUT2D eigenvalue weighted by Gasteiger charge is -2.21. The minimum absolute atomic E-state index is 0.0282. The van der Waals surface area contributed by atoms with Crippen molar-refractivity contribution in [2.24, 2.45) is 0 Å². The summed E-state index contributed by atoms with van der Waals surface area (Å²) in [6.07, 6.45) is 0.856. The number of hydrogen-bond donors (Lipinski definition) is 2. The van der Waals surface area contributed by atoms with Crippen LogP contribution in [-0.4, -0.2) is 39.5 Å². The second kappa shape index (κ2) is 9.79. The number of ether oxygens (including phenoxy) is 1. The summed E-state index contributed by atoms with van der Waals surface area (Å²) in [5, 5.41) is 22.7. The number of hydrogen-bond acceptors (Lipinski definition) is 8. The molecule has 0 radical (unpaired) electrons. The van der Waals surface area contributed by atoms with Gasteiger partial charge in [0.2, 0.25) is 0 Å². The van der Waals surface area contributed by atoms with Gasteiger partial charge in [-0.2, -0.15) is 0 Å². The van der Waals surface area contributed by atoms with Gasteiger partial charge in [-0.1, -0.05) is 24.3 Å². The number of aromatic carboxylic acids is 1. The molecule has 37 heavy (non-hydrogen) atoms. The maximum Gasteiger partial charge on any atom is 0.335 e. The largest absolute Gasteiger partial charge is 0.507 e. The topological polar surface area (TPSA) is 117 Å². The average Bonchev–Trinajstić information content (AvgIpc) is 3.61. The first-order valence-electron chi connectivity index (χ1n) is 11.5. The fourth-order valence-electron chi connectivity index (χ4n) is 4.22. The SMILES string of the molecule is CCCOc1ccc(/C(O)=C2\C(=O)C(=O)N(c3nc4ccc(C(=O)O)cc4s3)C2c2cccs2)cc1C. The summed E-state index contributed by atoms with van der Waals surface area (Å²) in [5.41, 5.74) is 1.77. The third kappa shape index (κ3) is 4.38. The van der Waals surface area contributed by atoms with Crippen LogP contribution in [0.5, 0.6) is 5.75 Å². The number of aliphatic hydroxyl groups is 1. The van der Waals surface area contributed by atoms with Crippen molar-refractivity contribution < 1.29 is 29.3 Å². The lowest BCUT2D eigenvalue weighted by Crippen LogP contribution is -2.28. The van der Waals surface area contributed by atoms with Crippen molar-refractivity contribution >= 4 is 61.4 Å². The highest BCUT2D eigenvalue weighted by Crippen LogP contribution is 2.45. The van der Waals surface area contributed by atoms with Crippen LogP contribution in [0.4, 0.5) is 5.13 Å². The summed E-state index contributed by atoms with van der Waals surface area (Å²) in [7, 11) is 0. The molecule has 2 aromatic carbocycles. The van der Waals surface area contributed by atoms with E-state index in [2.05, 4.69) is 4.98 Å². The lowest BCUT2D eigenvalue weighted by atomic mass is 9.99. The zero-order chi connectivity index (χ0) is 26.3. The first-order valence-corrected chi connectivity index (χ1v) is 13.2. The molecule has 1 saturated heterocycles. The van der Waals surface area contributed by atoms with Crippen LogP contribution in [0, 0.1) is 6.92 Å². The number of benzene rings is 2. The number of nitrogens with zero attached hydrogens (tertiary/aromatic N) is 2. The van der Waals surface area contributed by atoms with Gasteiger partial charge >= 0.3 is 11.9 Å². The van der Waals surface area contributed by atoms with Crippen LogP contribution in [0.25, 0.3) is 16.0 Å². The van der Waals surface area contributed by atoms with Crippen molar-refractivity contribution in [1.29, 1.82) is 0 Å². The Labute approximate surface area is 220 Å². The number of thiophene rings is 1. The number of fused-ring (bicyclic) bond motifs is 1. The quantitative estimate of drug-likeness (QED) is 0.175. The number of carboxylic acid groups (broad SMARTS) is 1. The van der Waals surface area contributed by atoms with Gasteiger partial charge < -0.3 is 14.9 Å². The van der Waals surface area contributed by atoms with E-state index in [9.17, 15) is 24.6 Å². The fourth-order valence-corrected chi connectivity index (χ4v) is 6.08. The van der Waals surface area contributed by atoms with E-state index in [1.54, 1.807) is 30.3 Å². The summed E-state index contributed by atoms with van der Waals surface area (Å²) >= 11 is 2.47. The monoisotopic (exact) mass is 534 g/mol. The van der Waals surface area contributed by atoms with Gasteiger partial charge in [0, 0.05) is 10.4 Å². The summed E-state index contributed by atoms with van der Waals surface area (Å²) < 4.78 is 6.29. The predicted molar refractivity (Wildman–Crippen MR) is 143 cm³/mol. The maximum absolute atomic E-state index is 13.3. The van der Waals surface area contributed by atoms with Gasteiger partial charge in [-0.25, -0.2) is 9.78 Å². The van der Waals surface area contributed by atoms with Gasteiger partial charge in [-0.05, 0) is 66.8 Å². The molecule has 1 aliphatic heterocycles. The summed E-state index contributed by atoms with van der Waals surface area (Å²) in [4.78, 5) is 44.6. The van der Waals surface area contributed by atoms with Crippen LogP contribution in [-0.2, 0) is 9.59 Å². The molecule has 4 aromatic rings. The third-order valence-electron chi connectivity index (χ3n) is 6.00. The zero-order valence-corrected chi connectivity index (χ0v) is 21.6. The molecular formula is C27H22N2O6S2. The van der Waals surface area contributed by atoms with E-state index in [-0.39, 0.29) is 22.0 Å². The standard InChI is InChI=1S/C27H22N2O6S2/c1-3-10-35-18-9-7-15(12-14(18)2)23(30)21-22(19-5-4-11-36-19)29(25(32)24(21)31)27-28-17-8-6-16(26(33)34)13-20(17)37-27/h4-9,11-13,22,30H,3,10H2,1-2H3,(H,33,34)/b23-21+. The van der Waals surface area contributed by atoms with E-state index >= 15 is 0 Å². The van der Waals surface area contributed by atoms with E-state index in [0.29, 0.717) is 33.0 Å². The van der Waals surface area contributed by atoms with Crippen molar-refractivity contribution in [3.8, 4) is 5.75 Å². The molecule has 2 aromatic heterocycles. The van der Waals surface area contributed by atoms with Crippen molar-refractivity contribution in [3.05, 3.63) is 81.1 Å². The number of thiazole rings is 1. The number of aryl methyl sites for hydroxylation is 1. The first-order chi connectivity index (χ1) is 17.8. The Balaban J connectivity index is 1.63. The fraction of sp³-hybridized carbons (Fsp3) is 0.185. The number of carboxylic acids is 1. The smallest absolute Gasteiger partial charge is 0.335 e. The van der Waals surface area contributed by atoms with Gasteiger partial charge in [0.25, 0.3) is 5.78 Å². The molecule has 1 fully saturated rings. The number of aromatic nitrogens is 1. The van der Waals surface area contributed by atoms with Crippen molar-refractivity contribution in [2.45, 2.75) is 26.3 Å². The first kappa shape index (κ1) is 24.7. The molecule has 1 amide bonds. The van der Waals surface area contributed by atoms with Gasteiger partial charge in [0.05, 0.1) is 28.0 Å². The maximum atomic E-state index is 13.3. The number of anilines is 1. The molecule has 0 saturated carbocycles. The van der Waals surface area contributed by atoms with Crippen LogP contribution >= 0.6 is 22.7 Å². The summed E-state index contributed by atoms with van der Waals surface area (Å²) in [6.45, 7) is 4.42. The van der Waals surface area contributed by atoms with Crippen molar-refractivity contribution in [3.63, 3.8) is 0 Å². The lowest BCUT2D eigenvalue weighted by molar-refractivity contribution is -0.132. The van der Waals surface area contributed by atoms with Crippen LogP contribution in [0.15, 0.2) is 59.5 Å². The molecule has 5 rings (SSSR count). The molecule has 0 bridgehead atoms. The second-order valence-corrected chi connectivity index (χ2v) is 10.5. The van der Waals surface area contributed by atoms with Crippen LogP contribution in [0.3, 0.4) is 0 Å². The number of carbonyl (C=O) groups is 3. The van der Waals surface area contributed by atoms with E-state index in [0.717, 1.165) is 23.3 Å². The van der Waals surface area contributed by atoms with Gasteiger partial charge in [0.1, 0.15) is 17.6 Å². The Bertz CT molecular complexity index is 1570. The molecule has 188 valence electrons. The van der Waals surface area contributed by atoms with E-state index in [1.165, 1.54) is 28.4 Å². The molecule has 1 unspecified atom stereocenters. The number of amides is 1. The van der Waals surface area contributed by atoms with Crippen LogP contribution in [0.1, 0.15) is 45.7 Å².